The number of nitrogens with two attached hydrogens (primary N) is 1. The van der Waals surface area contributed by atoms with E-state index in [0.717, 1.165) is 12.0 Å². The molecule has 2 nitrogen and oxygen atoms in total. The summed E-state index contributed by atoms with van der Waals surface area (Å²) in [6.07, 6.45) is 0.935. The molecule has 0 spiro atoms. The fourth-order valence-electron chi connectivity index (χ4n) is 1.51. The Morgan fingerprint density at radius 2 is 2.07 bits per heavy atom. The van der Waals surface area contributed by atoms with Crippen molar-refractivity contribution in [3.63, 3.8) is 0 Å². The highest BCUT2D eigenvalue weighted by molar-refractivity contribution is 5.17. The maximum atomic E-state index is 13.3. The highest BCUT2D eigenvalue weighted by Crippen LogP contribution is 2.11. The van der Waals surface area contributed by atoms with Crippen molar-refractivity contribution in [2.75, 3.05) is 13.6 Å². The van der Waals surface area contributed by atoms with Gasteiger partial charge in [-0.25, -0.2) is 4.39 Å². The number of benzene rings is 1. The Morgan fingerprint density at radius 3 is 2.67 bits per heavy atom. The van der Waals surface area contributed by atoms with Gasteiger partial charge in [-0.3, -0.25) is 4.90 Å². The van der Waals surface area contributed by atoms with Crippen LogP contribution in [0, 0.1) is 5.82 Å². The molecule has 1 aromatic rings. The summed E-state index contributed by atoms with van der Waals surface area (Å²) in [5.41, 5.74) is 6.23. The first kappa shape index (κ1) is 12.1. The minimum atomic E-state index is -0.135. The van der Waals surface area contributed by atoms with Crippen LogP contribution in [-0.2, 0) is 6.54 Å². The zero-order valence-electron chi connectivity index (χ0n) is 9.41. The van der Waals surface area contributed by atoms with E-state index in [-0.39, 0.29) is 5.82 Å². The van der Waals surface area contributed by atoms with Gasteiger partial charge in [0, 0.05) is 18.2 Å². The summed E-state index contributed by atoms with van der Waals surface area (Å²) in [7, 11) is 1.99. The lowest BCUT2D eigenvalue weighted by molar-refractivity contribution is 0.237. The van der Waals surface area contributed by atoms with Crippen LogP contribution < -0.4 is 5.73 Å². The summed E-state index contributed by atoms with van der Waals surface area (Å²) in [6.45, 7) is 3.41. The molecule has 0 aliphatic rings. The molecule has 1 unspecified atom stereocenters. The number of rotatable bonds is 5. The fraction of sp³-hybridized carbons (Fsp3) is 0.500. The maximum absolute atomic E-state index is 13.3. The lowest BCUT2D eigenvalue weighted by atomic mass is 10.1. The summed E-state index contributed by atoms with van der Waals surface area (Å²) in [4.78, 5) is 2.12. The molecule has 3 heteroatoms. The third-order valence-corrected chi connectivity index (χ3v) is 2.71. The number of hydrogen-bond donors (Lipinski definition) is 1. The maximum Gasteiger partial charge on any atom is 0.127 e. The Balaban J connectivity index is 2.58. The number of halogens is 1. The Bertz CT molecular complexity index is 301. The second kappa shape index (κ2) is 5.83. The minimum absolute atomic E-state index is 0.135. The van der Waals surface area contributed by atoms with E-state index < -0.39 is 0 Å². The quantitative estimate of drug-likeness (QED) is 0.805. The average Bonchev–Trinajstić information content (AvgIpc) is 2.21. The zero-order valence-corrected chi connectivity index (χ0v) is 9.41. The molecule has 0 saturated carbocycles. The summed E-state index contributed by atoms with van der Waals surface area (Å²) in [5, 5.41) is 0. The van der Waals surface area contributed by atoms with E-state index in [2.05, 4.69) is 11.8 Å². The third-order valence-electron chi connectivity index (χ3n) is 2.71. The zero-order chi connectivity index (χ0) is 11.3. The van der Waals surface area contributed by atoms with Gasteiger partial charge in [0.25, 0.3) is 0 Å². The van der Waals surface area contributed by atoms with Gasteiger partial charge < -0.3 is 5.73 Å². The summed E-state index contributed by atoms with van der Waals surface area (Å²) < 4.78 is 13.3. The van der Waals surface area contributed by atoms with Crippen LogP contribution in [0.25, 0.3) is 0 Å². The molecule has 0 fully saturated rings. The first-order chi connectivity index (χ1) is 7.15. The largest absolute Gasteiger partial charge is 0.330 e. The van der Waals surface area contributed by atoms with Crippen LogP contribution >= 0.6 is 0 Å². The third kappa shape index (κ3) is 3.61. The number of nitrogens with zero attached hydrogens (tertiary/aromatic N) is 1. The summed E-state index contributed by atoms with van der Waals surface area (Å²) in [5.74, 6) is -0.135. The van der Waals surface area contributed by atoms with E-state index in [1.807, 2.05) is 19.2 Å². The van der Waals surface area contributed by atoms with Gasteiger partial charge in [0.2, 0.25) is 0 Å². The van der Waals surface area contributed by atoms with Crippen LogP contribution in [0.3, 0.4) is 0 Å². The molecule has 0 heterocycles. The fourth-order valence-corrected chi connectivity index (χ4v) is 1.51. The SMILES string of the molecule is CC(CCN)N(C)Cc1ccccc1F. The standard InChI is InChI=1S/C12H19FN2/c1-10(7-8-14)15(2)9-11-5-3-4-6-12(11)13/h3-6,10H,7-9,14H2,1-2H3. The second-order valence-electron chi connectivity index (χ2n) is 3.93. The van der Waals surface area contributed by atoms with Crippen LogP contribution in [0.1, 0.15) is 18.9 Å². The number of hydrogen-bond acceptors (Lipinski definition) is 2. The van der Waals surface area contributed by atoms with E-state index in [1.165, 1.54) is 6.07 Å². The minimum Gasteiger partial charge on any atom is -0.330 e. The van der Waals surface area contributed by atoms with Gasteiger partial charge in [0.05, 0.1) is 0 Å². The summed E-state index contributed by atoms with van der Waals surface area (Å²) in [6, 6.07) is 7.27. The predicted molar refractivity (Wildman–Crippen MR) is 61.0 cm³/mol. The van der Waals surface area contributed by atoms with Crippen molar-refractivity contribution in [1.29, 1.82) is 0 Å². The summed E-state index contributed by atoms with van der Waals surface area (Å²) >= 11 is 0. The van der Waals surface area contributed by atoms with Crippen molar-refractivity contribution in [3.05, 3.63) is 35.6 Å². The van der Waals surface area contributed by atoms with Crippen LogP contribution in [0.4, 0.5) is 4.39 Å². The Hall–Kier alpha value is -0.930. The van der Waals surface area contributed by atoms with Crippen LogP contribution in [0.2, 0.25) is 0 Å². The molecule has 0 aliphatic carbocycles. The molecule has 0 radical (unpaired) electrons. The molecular formula is C12H19FN2. The highest BCUT2D eigenvalue weighted by atomic mass is 19.1. The van der Waals surface area contributed by atoms with E-state index in [4.69, 9.17) is 5.73 Å². The molecule has 15 heavy (non-hydrogen) atoms. The monoisotopic (exact) mass is 210 g/mol. The highest BCUT2D eigenvalue weighted by Gasteiger charge is 2.10. The Kier molecular flexibility index (Phi) is 4.72. The van der Waals surface area contributed by atoms with Crippen molar-refractivity contribution in [2.45, 2.75) is 25.9 Å². The molecule has 0 saturated heterocycles. The molecular weight excluding hydrogens is 191 g/mol. The van der Waals surface area contributed by atoms with Crippen LogP contribution in [-0.4, -0.2) is 24.5 Å². The molecule has 2 N–H and O–H groups in total. The van der Waals surface area contributed by atoms with Gasteiger partial charge in [-0.05, 0) is 33.0 Å². The van der Waals surface area contributed by atoms with Crippen molar-refractivity contribution >= 4 is 0 Å². The van der Waals surface area contributed by atoms with Crippen LogP contribution in [0.15, 0.2) is 24.3 Å². The second-order valence-corrected chi connectivity index (χ2v) is 3.93. The molecule has 1 atom stereocenters. The van der Waals surface area contributed by atoms with Gasteiger partial charge >= 0.3 is 0 Å². The van der Waals surface area contributed by atoms with Gasteiger partial charge in [-0.2, -0.15) is 0 Å². The lowest BCUT2D eigenvalue weighted by Gasteiger charge is -2.24. The average molecular weight is 210 g/mol. The van der Waals surface area contributed by atoms with Crippen LogP contribution in [0.5, 0.6) is 0 Å². The van der Waals surface area contributed by atoms with E-state index >= 15 is 0 Å². The van der Waals surface area contributed by atoms with E-state index in [1.54, 1.807) is 6.07 Å². The predicted octanol–water partition coefficient (Wildman–Crippen LogP) is 1.99. The van der Waals surface area contributed by atoms with E-state index in [0.29, 0.717) is 19.1 Å². The van der Waals surface area contributed by atoms with Crippen molar-refractivity contribution in [1.82, 2.24) is 4.90 Å². The lowest BCUT2D eigenvalue weighted by Crippen LogP contribution is -2.30. The Morgan fingerprint density at radius 1 is 1.40 bits per heavy atom. The molecule has 0 amide bonds. The van der Waals surface area contributed by atoms with Gasteiger partial charge in [0.15, 0.2) is 0 Å². The molecule has 1 aromatic carbocycles. The van der Waals surface area contributed by atoms with Crippen molar-refractivity contribution in [2.24, 2.45) is 5.73 Å². The topological polar surface area (TPSA) is 29.3 Å². The normalized spacial score (nSPS) is 13.1. The first-order valence-electron chi connectivity index (χ1n) is 5.29. The molecule has 0 bridgehead atoms. The van der Waals surface area contributed by atoms with Crippen molar-refractivity contribution < 1.29 is 4.39 Å². The first-order valence-corrected chi connectivity index (χ1v) is 5.29. The molecule has 1 rings (SSSR count). The van der Waals surface area contributed by atoms with E-state index in [9.17, 15) is 4.39 Å². The van der Waals surface area contributed by atoms with Crippen molar-refractivity contribution in [3.8, 4) is 0 Å². The van der Waals surface area contributed by atoms with Gasteiger partial charge in [-0.1, -0.05) is 18.2 Å². The molecule has 0 aliphatic heterocycles. The van der Waals surface area contributed by atoms with Gasteiger partial charge in [-0.15, -0.1) is 0 Å². The Labute approximate surface area is 90.9 Å². The molecule has 0 aromatic heterocycles. The smallest absolute Gasteiger partial charge is 0.127 e. The van der Waals surface area contributed by atoms with Gasteiger partial charge in [0.1, 0.15) is 5.82 Å². The molecule has 84 valence electrons.